The molecular formula is C17H18O3. The van der Waals surface area contributed by atoms with Gasteiger partial charge in [-0.15, -0.1) is 0 Å². The van der Waals surface area contributed by atoms with Gasteiger partial charge in [-0.05, 0) is 23.6 Å². The molecule has 20 heavy (non-hydrogen) atoms. The highest BCUT2D eigenvalue weighted by molar-refractivity contribution is 5.72. The third-order valence-corrected chi connectivity index (χ3v) is 3.13. The van der Waals surface area contributed by atoms with Crippen LogP contribution in [0.5, 0.6) is 5.75 Å². The second-order valence-corrected chi connectivity index (χ2v) is 4.62. The zero-order valence-electron chi connectivity index (χ0n) is 11.5. The van der Waals surface area contributed by atoms with Crippen molar-refractivity contribution in [2.75, 3.05) is 0 Å². The van der Waals surface area contributed by atoms with Crippen LogP contribution >= 0.6 is 0 Å². The summed E-state index contributed by atoms with van der Waals surface area (Å²) in [5, 5.41) is 9.09. The summed E-state index contributed by atoms with van der Waals surface area (Å²) in [4.78, 5) is 11.1. The number of rotatable bonds is 6. The van der Waals surface area contributed by atoms with Gasteiger partial charge in [-0.2, -0.15) is 0 Å². The second-order valence-electron chi connectivity index (χ2n) is 4.62. The molecule has 0 unspecified atom stereocenters. The largest absolute Gasteiger partial charge is 0.479 e. The molecule has 0 saturated carbocycles. The molecule has 0 amide bonds. The van der Waals surface area contributed by atoms with Crippen LogP contribution in [-0.4, -0.2) is 17.2 Å². The van der Waals surface area contributed by atoms with Crippen molar-refractivity contribution in [3.05, 3.63) is 65.7 Å². The van der Waals surface area contributed by atoms with E-state index >= 15 is 0 Å². The van der Waals surface area contributed by atoms with Gasteiger partial charge in [0.1, 0.15) is 5.75 Å². The molecule has 2 aromatic rings. The number of aliphatic carboxylic acids is 1. The quantitative estimate of drug-likeness (QED) is 0.873. The maximum Gasteiger partial charge on any atom is 0.344 e. The van der Waals surface area contributed by atoms with Crippen LogP contribution in [-0.2, 0) is 11.2 Å². The van der Waals surface area contributed by atoms with Crippen LogP contribution in [0.2, 0.25) is 0 Å². The van der Waals surface area contributed by atoms with Crippen molar-refractivity contribution in [1.29, 1.82) is 0 Å². The summed E-state index contributed by atoms with van der Waals surface area (Å²) in [6.07, 6.45) is 0.370. The standard InChI is InChI=1S/C17H18O3/c1-2-15(17(18)19)20-16-11-7-6-10-14(16)12-13-8-4-3-5-9-13/h3-11,15H,2,12H2,1H3,(H,18,19)/t15-/m1/s1. The van der Waals surface area contributed by atoms with Gasteiger partial charge in [-0.25, -0.2) is 4.79 Å². The summed E-state index contributed by atoms with van der Waals surface area (Å²) in [6.45, 7) is 1.80. The predicted molar refractivity (Wildman–Crippen MR) is 78.0 cm³/mol. The van der Waals surface area contributed by atoms with Crippen molar-refractivity contribution in [1.82, 2.24) is 0 Å². The Balaban J connectivity index is 2.20. The molecule has 0 saturated heterocycles. The van der Waals surface area contributed by atoms with E-state index in [4.69, 9.17) is 9.84 Å². The summed E-state index contributed by atoms with van der Waals surface area (Å²) in [5.41, 5.74) is 2.17. The van der Waals surface area contributed by atoms with Gasteiger partial charge >= 0.3 is 5.97 Å². The smallest absolute Gasteiger partial charge is 0.344 e. The molecule has 0 aliphatic carbocycles. The lowest BCUT2D eigenvalue weighted by atomic mass is 10.0. The number of carboxylic acid groups (broad SMARTS) is 1. The van der Waals surface area contributed by atoms with Gasteiger partial charge in [-0.1, -0.05) is 55.5 Å². The van der Waals surface area contributed by atoms with E-state index in [1.807, 2.05) is 54.6 Å². The van der Waals surface area contributed by atoms with E-state index in [-0.39, 0.29) is 0 Å². The summed E-state index contributed by atoms with van der Waals surface area (Å²) in [5.74, 6) is -0.285. The number of benzene rings is 2. The maximum atomic E-state index is 11.1. The van der Waals surface area contributed by atoms with Gasteiger partial charge in [-0.3, -0.25) is 0 Å². The van der Waals surface area contributed by atoms with Crippen LogP contribution in [0.25, 0.3) is 0 Å². The van der Waals surface area contributed by atoms with Crippen LogP contribution in [0, 0.1) is 0 Å². The van der Waals surface area contributed by atoms with Crippen molar-refractivity contribution in [2.45, 2.75) is 25.9 Å². The fourth-order valence-electron chi connectivity index (χ4n) is 2.04. The third kappa shape index (κ3) is 3.60. The number of carbonyl (C=O) groups is 1. The summed E-state index contributed by atoms with van der Waals surface area (Å²) >= 11 is 0. The molecule has 0 aliphatic rings. The highest BCUT2D eigenvalue weighted by Crippen LogP contribution is 2.23. The van der Waals surface area contributed by atoms with Gasteiger partial charge in [0, 0.05) is 6.42 Å². The van der Waals surface area contributed by atoms with Crippen LogP contribution < -0.4 is 4.74 Å². The second kappa shape index (κ2) is 6.75. The average Bonchev–Trinajstić information content (AvgIpc) is 2.47. The Labute approximate surface area is 118 Å². The minimum atomic E-state index is -0.929. The lowest BCUT2D eigenvalue weighted by Crippen LogP contribution is -2.26. The van der Waals surface area contributed by atoms with E-state index in [1.54, 1.807) is 6.92 Å². The lowest BCUT2D eigenvalue weighted by molar-refractivity contribution is -0.145. The monoisotopic (exact) mass is 270 g/mol. The highest BCUT2D eigenvalue weighted by atomic mass is 16.5. The molecule has 1 N–H and O–H groups in total. The molecule has 3 nitrogen and oxygen atoms in total. The fourth-order valence-corrected chi connectivity index (χ4v) is 2.04. The van der Waals surface area contributed by atoms with E-state index in [1.165, 1.54) is 5.56 Å². The molecule has 0 heterocycles. The summed E-state index contributed by atoms with van der Waals surface area (Å²) < 4.78 is 5.63. The van der Waals surface area contributed by atoms with Crippen molar-refractivity contribution in [3.8, 4) is 5.75 Å². The molecule has 2 aromatic carbocycles. The number of hydrogen-bond acceptors (Lipinski definition) is 2. The van der Waals surface area contributed by atoms with Crippen LogP contribution in [0.3, 0.4) is 0 Å². The highest BCUT2D eigenvalue weighted by Gasteiger charge is 2.18. The molecule has 0 bridgehead atoms. The maximum absolute atomic E-state index is 11.1. The van der Waals surface area contributed by atoms with E-state index in [0.717, 1.165) is 12.0 Å². The van der Waals surface area contributed by atoms with Crippen molar-refractivity contribution >= 4 is 5.97 Å². The Hall–Kier alpha value is -2.29. The number of hydrogen-bond donors (Lipinski definition) is 1. The van der Waals surface area contributed by atoms with Crippen LogP contribution in [0.15, 0.2) is 54.6 Å². The van der Waals surface area contributed by atoms with E-state index < -0.39 is 12.1 Å². The molecule has 3 heteroatoms. The number of para-hydroxylation sites is 1. The van der Waals surface area contributed by atoms with Gasteiger partial charge in [0.2, 0.25) is 0 Å². The molecular weight excluding hydrogens is 252 g/mol. The summed E-state index contributed by atoms with van der Waals surface area (Å²) in [6, 6.07) is 17.6. The number of ether oxygens (including phenoxy) is 1. The SMILES string of the molecule is CC[C@@H](Oc1ccccc1Cc1ccccc1)C(=O)O. The Morgan fingerprint density at radius 3 is 2.40 bits per heavy atom. The molecule has 104 valence electrons. The first kappa shape index (κ1) is 14.1. The first-order chi connectivity index (χ1) is 9.70. The van der Waals surface area contributed by atoms with E-state index in [0.29, 0.717) is 12.2 Å². The lowest BCUT2D eigenvalue weighted by Gasteiger charge is -2.16. The molecule has 0 fully saturated rings. The van der Waals surface area contributed by atoms with Gasteiger partial charge in [0.05, 0.1) is 0 Å². The first-order valence-electron chi connectivity index (χ1n) is 6.72. The van der Waals surface area contributed by atoms with E-state index in [9.17, 15) is 4.79 Å². The minimum Gasteiger partial charge on any atom is -0.479 e. The molecule has 0 aromatic heterocycles. The first-order valence-corrected chi connectivity index (χ1v) is 6.72. The molecule has 1 atom stereocenters. The van der Waals surface area contributed by atoms with Gasteiger partial charge in [0.25, 0.3) is 0 Å². The zero-order chi connectivity index (χ0) is 14.4. The summed E-state index contributed by atoms with van der Waals surface area (Å²) in [7, 11) is 0. The number of carboxylic acids is 1. The Morgan fingerprint density at radius 1 is 1.10 bits per heavy atom. The van der Waals surface area contributed by atoms with E-state index in [2.05, 4.69) is 0 Å². The fraction of sp³-hybridized carbons (Fsp3) is 0.235. The normalized spacial score (nSPS) is 11.8. The zero-order valence-corrected chi connectivity index (χ0v) is 11.5. The Bertz CT molecular complexity index is 563. The van der Waals surface area contributed by atoms with Gasteiger partial charge < -0.3 is 9.84 Å². The minimum absolute atomic E-state index is 0.439. The molecule has 0 radical (unpaired) electrons. The Kier molecular flexibility index (Phi) is 4.77. The van der Waals surface area contributed by atoms with Gasteiger partial charge in [0.15, 0.2) is 6.10 Å². The molecule has 0 aliphatic heterocycles. The van der Waals surface area contributed by atoms with Crippen molar-refractivity contribution < 1.29 is 14.6 Å². The predicted octanol–water partition coefficient (Wildman–Crippen LogP) is 3.52. The van der Waals surface area contributed by atoms with Crippen LogP contribution in [0.4, 0.5) is 0 Å². The Morgan fingerprint density at radius 2 is 1.75 bits per heavy atom. The van der Waals surface area contributed by atoms with Crippen molar-refractivity contribution in [2.24, 2.45) is 0 Å². The molecule has 0 spiro atoms. The average molecular weight is 270 g/mol. The molecule has 2 rings (SSSR count). The van der Waals surface area contributed by atoms with Crippen LogP contribution in [0.1, 0.15) is 24.5 Å². The third-order valence-electron chi connectivity index (χ3n) is 3.13. The van der Waals surface area contributed by atoms with Crippen molar-refractivity contribution in [3.63, 3.8) is 0 Å². The topological polar surface area (TPSA) is 46.5 Å².